The molecule has 0 amide bonds. The molecule has 0 N–H and O–H groups in total. The third-order valence-electron chi connectivity index (χ3n) is 11.0. The van der Waals surface area contributed by atoms with Crippen LogP contribution in [-0.4, -0.2) is 34.1 Å². The van der Waals surface area contributed by atoms with Gasteiger partial charge < -0.3 is 4.57 Å². The van der Waals surface area contributed by atoms with Gasteiger partial charge in [-0.15, -0.1) is 0 Å². The highest BCUT2D eigenvalue weighted by Gasteiger charge is 2.22. The van der Waals surface area contributed by atoms with Crippen molar-refractivity contribution in [1.29, 1.82) is 0 Å². The van der Waals surface area contributed by atoms with Crippen molar-refractivity contribution in [3.8, 4) is 34.4 Å². The van der Waals surface area contributed by atoms with Crippen LogP contribution in [0.1, 0.15) is 0 Å². The topological polar surface area (TPSA) is 74.3 Å². The molecule has 0 atom stereocenters. The van der Waals surface area contributed by atoms with E-state index in [4.69, 9.17) is 24.9 Å². The lowest BCUT2D eigenvalue weighted by Gasteiger charge is -2.13. The summed E-state index contributed by atoms with van der Waals surface area (Å²) in [6, 6.07) is 57.2. The second-order valence-corrected chi connectivity index (χ2v) is 14.1. The molecule has 12 aromatic rings. The van der Waals surface area contributed by atoms with Crippen LogP contribution in [0.4, 0.5) is 0 Å². The summed E-state index contributed by atoms with van der Waals surface area (Å²) < 4.78 is 4.53. The summed E-state index contributed by atoms with van der Waals surface area (Å²) >= 11 is 0. The summed E-state index contributed by atoms with van der Waals surface area (Å²) in [5.41, 5.74) is 8.96. The van der Waals surface area contributed by atoms with Crippen LogP contribution in [0.15, 0.2) is 176 Å². The fourth-order valence-electron chi connectivity index (χ4n) is 8.57. The summed E-state index contributed by atoms with van der Waals surface area (Å²) in [6.07, 6.45) is 3.58. The number of nitrogens with zero attached hydrogens (tertiary/aromatic N) is 7. The summed E-state index contributed by atoms with van der Waals surface area (Å²) in [7, 11) is 0. The molecule has 4 heterocycles. The van der Waals surface area contributed by atoms with Gasteiger partial charge in [-0.05, 0) is 59.3 Å². The summed E-state index contributed by atoms with van der Waals surface area (Å²) in [5.74, 6) is 1.78. The molecule has 56 heavy (non-hydrogen) atoms. The summed E-state index contributed by atoms with van der Waals surface area (Å²) in [4.78, 5) is 25.3. The van der Waals surface area contributed by atoms with Crippen LogP contribution in [0.2, 0.25) is 0 Å². The van der Waals surface area contributed by atoms with Crippen molar-refractivity contribution < 1.29 is 0 Å². The first-order valence-electron chi connectivity index (χ1n) is 18.7. The summed E-state index contributed by atoms with van der Waals surface area (Å²) in [6.45, 7) is 0. The largest absolute Gasteiger partial charge is 0.309 e. The Hall–Kier alpha value is -7.77. The minimum Gasteiger partial charge on any atom is -0.309 e. The maximum absolute atomic E-state index is 5.17. The third kappa shape index (κ3) is 4.48. The van der Waals surface area contributed by atoms with E-state index >= 15 is 0 Å². The van der Waals surface area contributed by atoms with Crippen LogP contribution in [0.25, 0.3) is 111 Å². The van der Waals surface area contributed by atoms with Gasteiger partial charge in [-0.3, -0.25) is 14.5 Å². The molecule has 7 heteroatoms. The quantitative estimate of drug-likeness (QED) is 0.170. The highest BCUT2D eigenvalue weighted by Crippen LogP contribution is 2.43. The van der Waals surface area contributed by atoms with E-state index in [0.717, 1.165) is 82.2 Å². The second kappa shape index (κ2) is 11.9. The van der Waals surface area contributed by atoms with Crippen LogP contribution < -0.4 is 0 Å². The van der Waals surface area contributed by atoms with E-state index < -0.39 is 0 Å². The fraction of sp³-hybridized carbons (Fsp3) is 0. The molecule has 0 aliphatic rings. The Bertz CT molecular complexity index is 3460. The first kappa shape index (κ1) is 30.7. The van der Waals surface area contributed by atoms with Crippen molar-refractivity contribution in [3.05, 3.63) is 176 Å². The van der Waals surface area contributed by atoms with Crippen molar-refractivity contribution in [2.45, 2.75) is 0 Å². The van der Waals surface area contributed by atoms with E-state index in [1.165, 1.54) is 10.8 Å². The van der Waals surface area contributed by atoms with Crippen molar-refractivity contribution >= 4 is 76.2 Å². The zero-order chi connectivity index (χ0) is 36.7. The van der Waals surface area contributed by atoms with Crippen molar-refractivity contribution in [3.63, 3.8) is 0 Å². The number of aromatic nitrogens is 7. The molecule has 0 saturated carbocycles. The van der Waals surface area contributed by atoms with Crippen LogP contribution in [0.5, 0.6) is 0 Å². The third-order valence-corrected chi connectivity index (χ3v) is 11.0. The van der Waals surface area contributed by atoms with Crippen molar-refractivity contribution in [2.24, 2.45) is 0 Å². The SMILES string of the molecule is c1ccc(-c2nc(-c3ccccc3)nc(-n3c4ccccc4c4cc5c6cc7c8ccccc8n(-c8ccccc8)c7cc6c6nccnc6c5cc43)n2)cc1. The van der Waals surface area contributed by atoms with E-state index in [1.54, 1.807) is 12.4 Å². The number of para-hydroxylation sites is 3. The average Bonchev–Trinajstić information content (AvgIpc) is 3.78. The molecule has 7 nitrogen and oxygen atoms in total. The van der Waals surface area contributed by atoms with Gasteiger partial charge in [-0.1, -0.05) is 115 Å². The lowest BCUT2D eigenvalue weighted by atomic mass is 9.96. The fourth-order valence-corrected chi connectivity index (χ4v) is 8.57. The molecule has 0 aliphatic heterocycles. The Balaban J connectivity index is 1.21. The zero-order valence-corrected chi connectivity index (χ0v) is 29.9. The molecule has 12 rings (SSSR count). The summed E-state index contributed by atoms with van der Waals surface area (Å²) in [5, 5.41) is 8.94. The molecule has 0 spiro atoms. The number of fused-ring (bicyclic) bond motifs is 12. The molecule has 4 aromatic heterocycles. The number of hydrogen-bond acceptors (Lipinski definition) is 5. The highest BCUT2D eigenvalue weighted by molar-refractivity contribution is 6.30. The van der Waals surface area contributed by atoms with Gasteiger partial charge in [0, 0.05) is 61.5 Å². The molecular formula is C49H29N7. The standard InChI is InChI=1S/C49H29N7/c1-4-14-30(15-5-1)47-52-48(31-16-6-2-7-17-31)54-49(53-47)56-42-23-13-11-21-34(42)38-27-36-35-26-37-33-20-10-12-22-41(33)55(32-18-8-3-9-19-32)43(37)28-39(35)45-46(51-25-24-50-45)40(36)29-44(38)56/h1-29H. The molecule has 0 unspecified atom stereocenters. The highest BCUT2D eigenvalue weighted by atomic mass is 15.2. The average molecular weight is 716 g/mol. The second-order valence-electron chi connectivity index (χ2n) is 14.1. The van der Waals surface area contributed by atoms with E-state index in [0.29, 0.717) is 17.6 Å². The minimum atomic E-state index is 0.551. The molecule has 8 aromatic carbocycles. The lowest BCUT2D eigenvalue weighted by Crippen LogP contribution is -2.06. The Labute approximate surface area is 319 Å². The number of benzene rings is 8. The lowest BCUT2D eigenvalue weighted by molar-refractivity contribution is 0.954. The monoisotopic (exact) mass is 715 g/mol. The van der Waals surface area contributed by atoms with Crippen LogP contribution >= 0.6 is 0 Å². The molecule has 260 valence electrons. The predicted molar refractivity (Wildman–Crippen MR) is 227 cm³/mol. The minimum absolute atomic E-state index is 0.551. The normalized spacial score (nSPS) is 11.9. The van der Waals surface area contributed by atoms with Gasteiger partial charge >= 0.3 is 0 Å². The van der Waals surface area contributed by atoms with E-state index in [2.05, 4.69) is 112 Å². The molecule has 0 bridgehead atoms. The Morgan fingerprint density at radius 1 is 0.321 bits per heavy atom. The molecule has 0 saturated heterocycles. The number of hydrogen-bond donors (Lipinski definition) is 0. The predicted octanol–water partition coefficient (Wildman–Crippen LogP) is 11.6. The number of rotatable bonds is 4. The van der Waals surface area contributed by atoms with Gasteiger partial charge in [0.2, 0.25) is 5.95 Å². The van der Waals surface area contributed by atoms with Gasteiger partial charge in [0.15, 0.2) is 11.6 Å². The molecule has 0 fully saturated rings. The van der Waals surface area contributed by atoms with Gasteiger partial charge in [0.05, 0.1) is 33.1 Å². The van der Waals surface area contributed by atoms with E-state index in [1.807, 2.05) is 60.7 Å². The smallest absolute Gasteiger partial charge is 0.238 e. The Morgan fingerprint density at radius 3 is 1.30 bits per heavy atom. The maximum atomic E-state index is 5.17. The molecular weight excluding hydrogens is 687 g/mol. The molecule has 0 radical (unpaired) electrons. The Kier molecular flexibility index (Phi) is 6.50. The van der Waals surface area contributed by atoms with Gasteiger partial charge in [0.1, 0.15) is 0 Å². The van der Waals surface area contributed by atoms with Crippen LogP contribution in [0.3, 0.4) is 0 Å². The Morgan fingerprint density at radius 2 is 0.768 bits per heavy atom. The van der Waals surface area contributed by atoms with Crippen LogP contribution in [-0.2, 0) is 0 Å². The maximum Gasteiger partial charge on any atom is 0.238 e. The first-order valence-corrected chi connectivity index (χ1v) is 18.7. The first-order chi connectivity index (χ1) is 27.8. The van der Waals surface area contributed by atoms with E-state index in [-0.39, 0.29) is 0 Å². The van der Waals surface area contributed by atoms with Gasteiger partial charge in [-0.25, -0.2) is 4.98 Å². The van der Waals surface area contributed by atoms with Crippen LogP contribution in [0, 0.1) is 0 Å². The van der Waals surface area contributed by atoms with Gasteiger partial charge in [0.25, 0.3) is 0 Å². The zero-order valence-electron chi connectivity index (χ0n) is 29.9. The van der Waals surface area contributed by atoms with Crippen molar-refractivity contribution in [2.75, 3.05) is 0 Å². The van der Waals surface area contributed by atoms with Crippen molar-refractivity contribution in [1.82, 2.24) is 34.1 Å². The van der Waals surface area contributed by atoms with E-state index in [9.17, 15) is 0 Å². The molecule has 0 aliphatic carbocycles. The van der Waals surface area contributed by atoms with Gasteiger partial charge in [-0.2, -0.15) is 9.97 Å².